The molecule has 0 radical (unpaired) electrons. The molecule has 1 aliphatic heterocycles. The van der Waals surface area contributed by atoms with Crippen LogP contribution in [0.4, 0.5) is 4.39 Å². The van der Waals surface area contributed by atoms with Gasteiger partial charge < -0.3 is 44.3 Å². The van der Waals surface area contributed by atoms with Crippen LogP contribution in [0.1, 0.15) is 49.3 Å². The van der Waals surface area contributed by atoms with Crippen LogP contribution in [0.15, 0.2) is 91.3 Å². The number of aromatic nitrogens is 3. The Hall–Kier alpha value is -6.40. The van der Waals surface area contributed by atoms with E-state index in [1.165, 1.54) is 40.9 Å². The van der Waals surface area contributed by atoms with Gasteiger partial charge in [0.2, 0.25) is 29.5 Å². The van der Waals surface area contributed by atoms with Crippen molar-refractivity contribution in [3.63, 3.8) is 0 Å². The smallest absolute Gasteiger partial charge is 0.247 e. The van der Waals surface area contributed by atoms with Gasteiger partial charge in [-0.3, -0.25) is 29.0 Å². The van der Waals surface area contributed by atoms with E-state index in [4.69, 9.17) is 32.7 Å². The van der Waals surface area contributed by atoms with Crippen molar-refractivity contribution in [2.75, 3.05) is 48.5 Å². The minimum absolute atomic E-state index is 0.0487. The number of pyridine rings is 1. The number of likely N-dealkylation sites (N-methyl/N-ethyl adjacent to an activating group) is 2. The maximum atomic E-state index is 15.0. The van der Waals surface area contributed by atoms with E-state index < -0.39 is 66.0 Å². The van der Waals surface area contributed by atoms with E-state index >= 15 is 4.79 Å². The summed E-state index contributed by atoms with van der Waals surface area (Å²) in [5, 5.41) is 6.61. The zero-order valence-electron chi connectivity index (χ0n) is 41.3. The largest absolute Gasteiger partial charge is 0.457 e. The number of nitrogens with zero attached hydrogens (tertiary/aromatic N) is 7. The first kappa shape index (κ1) is 53.9. The van der Waals surface area contributed by atoms with Gasteiger partial charge in [-0.15, -0.1) is 0 Å². The highest BCUT2D eigenvalue weighted by atomic mass is 35.5. The molecule has 5 aromatic rings. The predicted octanol–water partition coefficient (Wildman–Crippen LogP) is 6.32. The van der Waals surface area contributed by atoms with Gasteiger partial charge in [-0.1, -0.05) is 41.4 Å². The lowest BCUT2D eigenvalue weighted by Crippen LogP contribution is -2.57. The van der Waals surface area contributed by atoms with E-state index in [1.54, 1.807) is 51.4 Å². The highest BCUT2D eigenvalue weighted by molar-refractivity contribution is 6.31. The van der Waals surface area contributed by atoms with Crippen molar-refractivity contribution in [1.29, 1.82) is 0 Å². The molecule has 3 heterocycles. The van der Waals surface area contributed by atoms with Gasteiger partial charge in [0.1, 0.15) is 35.2 Å². The topological polar surface area (TPSA) is 172 Å². The Morgan fingerprint density at radius 2 is 1.52 bits per heavy atom. The standard InChI is InChI=1S/C52H62Cl2FN9O7/c1-32-26-58-48(65)25-42(21-34-9-14-38(53)15-10-34)62(6)52(69)44(31-70-8)59-50(67)33(2)64(49(66)23-37(51(68)61(32)5)22-41-18-17-40(55)27-56-41)29-36-11-16-39(54)24-46(36)71-43-19-12-35(13-20-43)45-28-57-47(63(45)7)30-60(3)4/h9-20,24,27-28,32-33,37,42,44H,21-23,25-26,29-31H2,1-8H3,(H,58,65)(H,59,67)/t32-,33-,37+,42-,44-/m0/s1. The molecule has 0 bridgehead atoms. The van der Waals surface area contributed by atoms with Gasteiger partial charge in [-0.2, -0.15) is 0 Å². The summed E-state index contributed by atoms with van der Waals surface area (Å²) in [7, 11) is 10.5. The lowest BCUT2D eigenvalue weighted by Gasteiger charge is -2.35. The monoisotopic (exact) mass is 1010 g/mol. The van der Waals surface area contributed by atoms with Crippen LogP contribution in [0.3, 0.4) is 0 Å². The molecule has 0 aliphatic carbocycles. The number of amides is 5. The Morgan fingerprint density at radius 3 is 2.18 bits per heavy atom. The van der Waals surface area contributed by atoms with Crippen molar-refractivity contribution in [3.8, 4) is 22.8 Å². The van der Waals surface area contributed by atoms with Crippen LogP contribution in [-0.2, 0) is 61.7 Å². The van der Waals surface area contributed by atoms with Gasteiger partial charge in [-0.05, 0) is 101 Å². The second-order valence-electron chi connectivity index (χ2n) is 18.3. The number of carbonyl (C=O) groups excluding carboxylic acids is 5. The average Bonchev–Trinajstić information content (AvgIpc) is 3.70. The Morgan fingerprint density at radius 1 is 0.817 bits per heavy atom. The third kappa shape index (κ3) is 14.4. The number of imidazole rings is 1. The summed E-state index contributed by atoms with van der Waals surface area (Å²) in [6, 6.07) is 18.4. The summed E-state index contributed by atoms with van der Waals surface area (Å²) in [6.45, 7) is 3.59. The van der Waals surface area contributed by atoms with Crippen LogP contribution >= 0.6 is 23.2 Å². The number of halogens is 3. The number of ether oxygens (including phenoxy) is 2. The molecule has 71 heavy (non-hydrogen) atoms. The second kappa shape index (κ2) is 24.6. The fraction of sp³-hybridized carbons (Fsp3) is 0.404. The van der Waals surface area contributed by atoms with Crippen molar-refractivity contribution >= 4 is 52.7 Å². The summed E-state index contributed by atoms with van der Waals surface area (Å²) in [5.74, 6) is -2.56. The van der Waals surface area contributed by atoms with Gasteiger partial charge in [0.15, 0.2) is 0 Å². The van der Waals surface area contributed by atoms with Gasteiger partial charge in [0, 0.05) is 93.0 Å². The molecule has 16 nitrogen and oxygen atoms in total. The summed E-state index contributed by atoms with van der Waals surface area (Å²) >= 11 is 12.7. The Balaban J connectivity index is 1.37. The molecule has 1 saturated heterocycles. The molecule has 6 rings (SSSR count). The quantitative estimate of drug-likeness (QED) is 0.136. The second-order valence-corrected chi connectivity index (χ2v) is 19.1. The van der Waals surface area contributed by atoms with Crippen molar-refractivity contribution in [3.05, 3.63) is 130 Å². The molecule has 1 fully saturated rings. The summed E-state index contributed by atoms with van der Waals surface area (Å²) in [6.07, 6.45) is 2.57. The minimum Gasteiger partial charge on any atom is -0.457 e. The van der Waals surface area contributed by atoms with E-state index in [0.717, 1.165) is 28.8 Å². The van der Waals surface area contributed by atoms with Crippen molar-refractivity contribution in [2.45, 2.75) is 76.8 Å². The van der Waals surface area contributed by atoms with Crippen molar-refractivity contribution in [1.82, 2.24) is 44.8 Å². The lowest BCUT2D eigenvalue weighted by molar-refractivity contribution is -0.147. The van der Waals surface area contributed by atoms with E-state index in [2.05, 4.69) is 20.6 Å². The summed E-state index contributed by atoms with van der Waals surface area (Å²) in [4.78, 5) is 87.3. The number of rotatable bonds is 13. The van der Waals surface area contributed by atoms with Crippen LogP contribution in [0.5, 0.6) is 11.5 Å². The summed E-state index contributed by atoms with van der Waals surface area (Å²) in [5.41, 5.74) is 3.48. The zero-order chi connectivity index (χ0) is 51.5. The first-order valence-electron chi connectivity index (χ1n) is 23.3. The number of hydrogen-bond donors (Lipinski definition) is 2. The van der Waals surface area contributed by atoms with Gasteiger partial charge in [0.25, 0.3) is 0 Å². The lowest BCUT2D eigenvalue weighted by atomic mass is 9.95. The Kier molecular flexibility index (Phi) is 18.7. The maximum Gasteiger partial charge on any atom is 0.247 e. The fourth-order valence-electron chi connectivity index (χ4n) is 8.33. The third-order valence-corrected chi connectivity index (χ3v) is 13.2. The Labute approximate surface area is 424 Å². The number of methoxy groups -OCH3 is 1. The average molecular weight is 1020 g/mol. The molecule has 378 valence electrons. The first-order chi connectivity index (χ1) is 33.8. The molecule has 0 spiro atoms. The van der Waals surface area contributed by atoms with Gasteiger partial charge in [0.05, 0.1) is 43.7 Å². The molecule has 2 N–H and O–H groups in total. The van der Waals surface area contributed by atoms with Gasteiger partial charge >= 0.3 is 0 Å². The first-order valence-corrected chi connectivity index (χ1v) is 24.0. The van der Waals surface area contributed by atoms with E-state index in [0.29, 0.717) is 39.3 Å². The van der Waals surface area contributed by atoms with Crippen LogP contribution in [0.2, 0.25) is 10.0 Å². The number of nitrogens with one attached hydrogen (secondary N) is 2. The molecule has 2 aromatic heterocycles. The normalized spacial score (nSPS) is 20.2. The molecule has 5 atom stereocenters. The van der Waals surface area contributed by atoms with Crippen molar-refractivity contribution in [2.24, 2.45) is 13.0 Å². The summed E-state index contributed by atoms with van der Waals surface area (Å²) < 4.78 is 28.0. The molecular weight excluding hydrogens is 953 g/mol. The molecule has 0 saturated carbocycles. The number of carbonyl (C=O) groups is 5. The number of benzene rings is 3. The van der Waals surface area contributed by atoms with Crippen molar-refractivity contribution < 1.29 is 37.8 Å². The number of hydrogen-bond acceptors (Lipinski definition) is 10. The SMILES string of the molecule is COC[C@@H]1NC(=O)[C@H](C)N(Cc2ccc(Cl)cc2Oc2ccc(-c3cnc(CN(C)C)n3C)cc2)C(=O)C[C@@H](Cc2ccc(F)cn2)C(=O)N(C)[C@@H](C)CNC(=O)C[C@H](Cc2ccc(Cl)cc2)N(C)C1=O. The third-order valence-electron chi connectivity index (χ3n) is 12.7. The molecule has 0 unspecified atom stereocenters. The van der Waals surface area contributed by atoms with Crippen LogP contribution < -0.4 is 15.4 Å². The molecule has 19 heteroatoms. The fourth-order valence-corrected chi connectivity index (χ4v) is 8.62. The highest BCUT2D eigenvalue weighted by Gasteiger charge is 2.36. The molecular formula is C52H62Cl2FN9O7. The van der Waals surface area contributed by atoms with E-state index in [9.17, 15) is 23.6 Å². The Bertz CT molecular complexity index is 2650. The van der Waals surface area contributed by atoms with E-state index in [-0.39, 0.29) is 44.9 Å². The predicted molar refractivity (Wildman–Crippen MR) is 269 cm³/mol. The van der Waals surface area contributed by atoms with E-state index in [1.807, 2.05) is 73.2 Å². The van der Waals surface area contributed by atoms with Gasteiger partial charge in [-0.25, -0.2) is 9.37 Å². The van der Waals surface area contributed by atoms with Crippen LogP contribution in [0, 0.1) is 11.7 Å². The maximum absolute atomic E-state index is 15.0. The molecule has 5 amide bonds. The minimum atomic E-state index is -1.25. The molecule has 1 aliphatic rings. The van der Waals surface area contributed by atoms with Crippen LogP contribution in [0.25, 0.3) is 11.3 Å². The van der Waals surface area contributed by atoms with Crippen LogP contribution in [-0.4, -0.2) is 136 Å². The molecule has 3 aromatic carbocycles. The highest BCUT2D eigenvalue weighted by Crippen LogP contribution is 2.32. The zero-order valence-corrected chi connectivity index (χ0v) is 42.8.